The van der Waals surface area contributed by atoms with Gasteiger partial charge in [-0.05, 0) is 44.2 Å². The van der Waals surface area contributed by atoms with Crippen LogP contribution in [0, 0.1) is 6.92 Å². The van der Waals surface area contributed by atoms with Gasteiger partial charge < -0.3 is 0 Å². The van der Waals surface area contributed by atoms with E-state index in [1.54, 1.807) is 43.8 Å². The van der Waals surface area contributed by atoms with Crippen LogP contribution in [0.4, 0.5) is 24.5 Å². The van der Waals surface area contributed by atoms with Crippen molar-refractivity contribution in [1.82, 2.24) is 0 Å². The molecule has 2 rings (SSSR count). The highest BCUT2D eigenvalue weighted by Crippen LogP contribution is 2.29. The molecular weight excluding hydrogens is 438 g/mol. The number of aryl methyl sites for hydroxylation is 1. The zero-order chi connectivity index (χ0) is 21.3. The zero-order valence-electron chi connectivity index (χ0n) is 15.0. The Bertz CT molecular complexity index is 1000. The van der Waals surface area contributed by atoms with E-state index in [0.29, 0.717) is 21.3 Å². The Morgan fingerprint density at radius 1 is 1.11 bits per heavy atom. The van der Waals surface area contributed by atoms with Crippen molar-refractivity contribution in [1.29, 1.82) is 0 Å². The van der Waals surface area contributed by atoms with E-state index in [2.05, 4.69) is 5.10 Å². The standard InChI is InChI=1S/C17H16Cl2F3N3O2S/c1-10-4-5-16(24-28(26,27)17(20,21)22)15(6-10)11(2)23-25(3)14-8-12(18)7-13(19)9-14/h4-9,24H,1-3H3/b23-11+. The van der Waals surface area contributed by atoms with Gasteiger partial charge in [0.05, 0.1) is 17.1 Å². The van der Waals surface area contributed by atoms with E-state index in [9.17, 15) is 21.6 Å². The zero-order valence-corrected chi connectivity index (χ0v) is 17.3. The van der Waals surface area contributed by atoms with Crippen LogP contribution in [0.25, 0.3) is 0 Å². The number of halogens is 5. The number of hydrogen-bond acceptors (Lipinski definition) is 4. The summed E-state index contributed by atoms with van der Waals surface area (Å²) in [5.41, 5.74) is -3.93. The lowest BCUT2D eigenvalue weighted by molar-refractivity contribution is -0.0429. The van der Waals surface area contributed by atoms with E-state index >= 15 is 0 Å². The Morgan fingerprint density at radius 3 is 2.21 bits per heavy atom. The largest absolute Gasteiger partial charge is 0.516 e. The highest BCUT2D eigenvalue weighted by atomic mass is 35.5. The maximum Gasteiger partial charge on any atom is 0.516 e. The summed E-state index contributed by atoms with van der Waals surface area (Å²) in [5.74, 6) is 0. The topological polar surface area (TPSA) is 61.8 Å². The molecule has 1 N–H and O–H groups in total. The molecule has 0 fully saturated rings. The summed E-state index contributed by atoms with van der Waals surface area (Å²) in [7, 11) is -3.97. The van der Waals surface area contributed by atoms with Crippen LogP contribution in [0.15, 0.2) is 41.5 Å². The molecule has 5 nitrogen and oxygen atoms in total. The lowest BCUT2D eigenvalue weighted by atomic mass is 10.1. The van der Waals surface area contributed by atoms with Crippen LogP contribution >= 0.6 is 23.2 Å². The number of benzene rings is 2. The van der Waals surface area contributed by atoms with Crippen molar-refractivity contribution in [3.8, 4) is 0 Å². The van der Waals surface area contributed by atoms with Crippen molar-refractivity contribution in [2.24, 2.45) is 5.10 Å². The van der Waals surface area contributed by atoms with Crippen LogP contribution in [0.3, 0.4) is 0 Å². The first-order valence-electron chi connectivity index (χ1n) is 7.75. The average Bonchev–Trinajstić information content (AvgIpc) is 2.54. The predicted octanol–water partition coefficient (Wildman–Crippen LogP) is 5.42. The van der Waals surface area contributed by atoms with Crippen molar-refractivity contribution in [3.05, 3.63) is 57.6 Å². The molecule has 0 unspecified atom stereocenters. The summed E-state index contributed by atoms with van der Waals surface area (Å²) in [6.07, 6.45) is 0. The van der Waals surface area contributed by atoms with Crippen molar-refractivity contribution in [2.75, 3.05) is 16.8 Å². The summed E-state index contributed by atoms with van der Waals surface area (Å²) in [5, 5.41) is 6.51. The second-order valence-electron chi connectivity index (χ2n) is 5.94. The van der Waals surface area contributed by atoms with Crippen molar-refractivity contribution < 1.29 is 21.6 Å². The molecule has 2 aromatic carbocycles. The quantitative estimate of drug-likeness (QED) is 0.485. The van der Waals surface area contributed by atoms with Gasteiger partial charge in [0, 0.05) is 22.7 Å². The molecule has 0 saturated heterocycles. The van der Waals surface area contributed by atoms with E-state index < -0.39 is 15.5 Å². The molecule has 152 valence electrons. The third kappa shape index (κ3) is 5.30. The fourth-order valence-electron chi connectivity index (χ4n) is 2.31. The summed E-state index contributed by atoms with van der Waals surface area (Å²) >= 11 is 11.9. The van der Waals surface area contributed by atoms with E-state index in [1.165, 1.54) is 23.2 Å². The third-order valence-corrected chi connectivity index (χ3v) is 5.17. The van der Waals surface area contributed by atoms with Gasteiger partial charge in [0.25, 0.3) is 0 Å². The molecule has 0 aliphatic heterocycles. The molecule has 0 atom stereocenters. The first-order valence-corrected chi connectivity index (χ1v) is 9.99. The Hall–Kier alpha value is -1.97. The molecule has 0 aliphatic rings. The van der Waals surface area contributed by atoms with Crippen molar-refractivity contribution in [2.45, 2.75) is 19.4 Å². The molecule has 28 heavy (non-hydrogen) atoms. The van der Waals surface area contributed by atoms with Crippen LogP contribution in [0.5, 0.6) is 0 Å². The van der Waals surface area contributed by atoms with E-state index in [-0.39, 0.29) is 17.0 Å². The summed E-state index contributed by atoms with van der Waals surface area (Å²) in [6, 6.07) is 9.03. The summed E-state index contributed by atoms with van der Waals surface area (Å²) in [4.78, 5) is 0. The number of alkyl halides is 3. The molecule has 2 aromatic rings. The maximum absolute atomic E-state index is 12.7. The minimum Gasteiger partial charge on any atom is -0.275 e. The minimum atomic E-state index is -5.57. The lowest BCUT2D eigenvalue weighted by Gasteiger charge is -2.18. The normalized spacial score (nSPS) is 12.8. The van der Waals surface area contributed by atoms with Crippen LogP contribution in [-0.2, 0) is 10.0 Å². The third-order valence-electron chi connectivity index (χ3n) is 3.63. The van der Waals surface area contributed by atoms with Crippen LogP contribution in [0.2, 0.25) is 10.0 Å². The first-order chi connectivity index (χ1) is 12.8. The molecule has 0 amide bonds. The van der Waals surface area contributed by atoms with Gasteiger partial charge in [-0.2, -0.15) is 26.7 Å². The molecule has 0 bridgehead atoms. The van der Waals surface area contributed by atoms with E-state index in [4.69, 9.17) is 23.2 Å². The molecule has 0 radical (unpaired) electrons. The fraction of sp³-hybridized carbons (Fsp3) is 0.235. The highest BCUT2D eigenvalue weighted by Gasteiger charge is 2.46. The molecule has 0 heterocycles. The number of rotatable bonds is 5. The maximum atomic E-state index is 12.7. The molecule has 0 aromatic heterocycles. The fourth-order valence-corrected chi connectivity index (χ4v) is 3.41. The number of hydrazone groups is 1. The van der Waals surface area contributed by atoms with Gasteiger partial charge in [0.15, 0.2) is 0 Å². The number of hydrogen-bond donors (Lipinski definition) is 1. The second kappa shape index (κ2) is 8.18. The Morgan fingerprint density at radius 2 is 1.68 bits per heavy atom. The Balaban J connectivity index is 2.45. The monoisotopic (exact) mass is 453 g/mol. The van der Waals surface area contributed by atoms with Gasteiger partial charge >= 0.3 is 15.5 Å². The van der Waals surface area contributed by atoms with Gasteiger partial charge in [-0.1, -0.05) is 34.8 Å². The van der Waals surface area contributed by atoms with Crippen molar-refractivity contribution >= 4 is 50.3 Å². The minimum absolute atomic E-state index is 0.202. The van der Waals surface area contributed by atoms with Crippen LogP contribution in [-0.4, -0.2) is 26.7 Å². The van der Waals surface area contributed by atoms with Crippen molar-refractivity contribution in [3.63, 3.8) is 0 Å². The van der Waals surface area contributed by atoms with Gasteiger partial charge in [0.2, 0.25) is 0 Å². The number of anilines is 2. The summed E-state index contributed by atoms with van der Waals surface area (Å²) < 4.78 is 62.7. The lowest BCUT2D eigenvalue weighted by Crippen LogP contribution is -2.30. The molecule has 11 heteroatoms. The van der Waals surface area contributed by atoms with Gasteiger partial charge in [-0.25, -0.2) is 0 Å². The molecular formula is C17H16Cl2F3N3O2S. The predicted molar refractivity (Wildman–Crippen MR) is 107 cm³/mol. The van der Waals surface area contributed by atoms with Crippen LogP contribution < -0.4 is 9.73 Å². The van der Waals surface area contributed by atoms with E-state index in [1.807, 2.05) is 0 Å². The van der Waals surface area contributed by atoms with Crippen LogP contribution in [0.1, 0.15) is 18.1 Å². The van der Waals surface area contributed by atoms with Gasteiger partial charge in [-0.15, -0.1) is 0 Å². The average molecular weight is 454 g/mol. The molecule has 0 spiro atoms. The smallest absolute Gasteiger partial charge is 0.275 e. The molecule has 0 saturated carbocycles. The molecule has 0 aliphatic carbocycles. The number of nitrogens with one attached hydrogen (secondary N) is 1. The SMILES string of the molecule is C/C(=N\N(C)c1cc(Cl)cc(Cl)c1)c1cc(C)ccc1NS(=O)(=O)C(F)(F)F. The Kier molecular flexibility index (Phi) is 6.52. The first kappa shape index (κ1) is 22.3. The van der Waals surface area contributed by atoms with E-state index in [0.717, 1.165) is 0 Å². The number of sulfonamides is 1. The van der Waals surface area contributed by atoms with Gasteiger partial charge in [0.1, 0.15) is 0 Å². The van der Waals surface area contributed by atoms with Gasteiger partial charge in [-0.3, -0.25) is 9.73 Å². The summed E-state index contributed by atoms with van der Waals surface area (Å²) in [6.45, 7) is 3.27. The number of nitrogens with zero attached hydrogens (tertiary/aromatic N) is 2. The Labute approximate surface area is 170 Å². The highest BCUT2D eigenvalue weighted by molar-refractivity contribution is 7.93. The second-order valence-corrected chi connectivity index (χ2v) is 8.48.